The van der Waals surface area contributed by atoms with Gasteiger partial charge in [-0.2, -0.15) is 5.10 Å². The lowest BCUT2D eigenvalue weighted by molar-refractivity contribution is -0.119. The number of rotatable bonds is 4. The van der Waals surface area contributed by atoms with Gasteiger partial charge in [0.15, 0.2) is 0 Å². The minimum absolute atomic E-state index is 0.0422. The Bertz CT molecular complexity index is 1010. The van der Waals surface area contributed by atoms with Crippen LogP contribution in [0.25, 0.3) is 0 Å². The van der Waals surface area contributed by atoms with Crippen LogP contribution in [0.3, 0.4) is 0 Å². The van der Waals surface area contributed by atoms with Crippen LogP contribution in [-0.2, 0) is 11.2 Å². The van der Waals surface area contributed by atoms with Crippen molar-refractivity contribution in [2.45, 2.75) is 65.5 Å². The highest BCUT2D eigenvalue weighted by Gasteiger charge is 2.35. The number of nitrogens with zero attached hydrogens (tertiary/aromatic N) is 2. The first-order valence-electron chi connectivity index (χ1n) is 10.7. The first kappa shape index (κ1) is 20.6. The molecule has 1 amide bonds. The van der Waals surface area contributed by atoms with E-state index in [1.807, 2.05) is 45.0 Å². The molecule has 0 saturated heterocycles. The lowest BCUT2D eigenvalue weighted by Crippen LogP contribution is -2.45. The summed E-state index contributed by atoms with van der Waals surface area (Å²) in [6.07, 6.45) is 2.49. The molecule has 158 valence electrons. The van der Waals surface area contributed by atoms with Gasteiger partial charge in [0.25, 0.3) is 0 Å². The molecule has 1 heterocycles. The quantitative estimate of drug-likeness (QED) is 0.814. The Balaban J connectivity index is 1.65. The topological polar surface area (TPSA) is 67.9 Å². The summed E-state index contributed by atoms with van der Waals surface area (Å²) in [6, 6.07) is 11.9. The zero-order chi connectivity index (χ0) is 21.6. The highest BCUT2D eigenvalue weighted by atomic mass is 16.5. The zero-order valence-corrected chi connectivity index (χ0v) is 18.5. The van der Waals surface area contributed by atoms with Crippen molar-refractivity contribution >= 4 is 17.3 Å². The highest BCUT2D eigenvalue weighted by Crippen LogP contribution is 2.35. The van der Waals surface area contributed by atoms with Crippen LogP contribution in [0.15, 0.2) is 41.5 Å². The van der Waals surface area contributed by atoms with Gasteiger partial charge in [-0.25, -0.2) is 5.01 Å². The van der Waals surface area contributed by atoms with Crippen molar-refractivity contribution in [1.82, 2.24) is 0 Å². The normalized spacial score (nSPS) is 19.7. The van der Waals surface area contributed by atoms with Crippen molar-refractivity contribution in [3.63, 3.8) is 0 Å². The zero-order valence-electron chi connectivity index (χ0n) is 18.5. The first-order valence-corrected chi connectivity index (χ1v) is 10.7. The fourth-order valence-electron chi connectivity index (χ4n) is 4.06. The second-order valence-electron chi connectivity index (χ2n) is 9.21. The van der Waals surface area contributed by atoms with Crippen molar-refractivity contribution < 1.29 is 9.53 Å². The Morgan fingerprint density at radius 2 is 1.83 bits per heavy atom. The van der Waals surface area contributed by atoms with E-state index in [9.17, 15) is 4.79 Å². The van der Waals surface area contributed by atoms with Crippen molar-refractivity contribution in [1.29, 1.82) is 0 Å². The monoisotopic (exact) mass is 405 g/mol. The van der Waals surface area contributed by atoms with Gasteiger partial charge in [0.05, 0.1) is 11.4 Å². The minimum Gasteiger partial charge on any atom is -0.486 e. The molecular formula is C25H31N3O2. The number of fused-ring (bicyclic) bond motifs is 3. The van der Waals surface area contributed by atoms with Crippen LogP contribution >= 0.6 is 0 Å². The molecule has 0 bridgehead atoms. The maximum atomic E-state index is 12.9. The molecule has 0 spiro atoms. The molecule has 5 heteroatoms. The van der Waals surface area contributed by atoms with E-state index < -0.39 is 5.60 Å². The predicted octanol–water partition coefficient (Wildman–Crippen LogP) is 4.51. The van der Waals surface area contributed by atoms with Gasteiger partial charge in [0.1, 0.15) is 11.4 Å². The van der Waals surface area contributed by atoms with Crippen LogP contribution < -0.4 is 15.5 Å². The lowest BCUT2D eigenvalue weighted by Gasteiger charge is -2.34. The minimum atomic E-state index is -0.474. The van der Waals surface area contributed by atoms with Crippen molar-refractivity contribution in [3.05, 3.63) is 58.7 Å². The van der Waals surface area contributed by atoms with Gasteiger partial charge in [-0.3, -0.25) is 4.79 Å². The van der Waals surface area contributed by atoms with Crippen LogP contribution in [-0.4, -0.2) is 23.3 Å². The summed E-state index contributed by atoms with van der Waals surface area (Å²) in [5, 5.41) is 6.39. The van der Waals surface area contributed by atoms with E-state index in [0.29, 0.717) is 6.42 Å². The number of benzene rings is 2. The summed E-state index contributed by atoms with van der Waals surface area (Å²) in [6.45, 7) is 10.1. The van der Waals surface area contributed by atoms with E-state index in [4.69, 9.17) is 15.6 Å². The van der Waals surface area contributed by atoms with Crippen LogP contribution in [0.5, 0.6) is 5.75 Å². The third-order valence-corrected chi connectivity index (χ3v) is 6.57. The smallest absolute Gasteiger partial charge is 0.248 e. The average molecular weight is 406 g/mol. The Labute approximate surface area is 178 Å². The second kappa shape index (κ2) is 7.55. The molecule has 0 radical (unpaired) electrons. The summed E-state index contributed by atoms with van der Waals surface area (Å²) < 4.78 is 6.02. The van der Waals surface area contributed by atoms with Gasteiger partial charge in [-0.15, -0.1) is 0 Å². The van der Waals surface area contributed by atoms with E-state index >= 15 is 0 Å². The number of ether oxygens (including phenoxy) is 1. The highest BCUT2D eigenvalue weighted by molar-refractivity contribution is 6.11. The molecule has 0 aromatic heterocycles. The van der Waals surface area contributed by atoms with E-state index in [0.717, 1.165) is 30.0 Å². The third kappa shape index (κ3) is 3.74. The number of aryl methyl sites for hydroxylation is 3. The largest absolute Gasteiger partial charge is 0.486 e. The van der Waals surface area contributed by atoms with Crippen molar-refractivity contribution in [2.24, 2.45) is 16.8 Å². The lowest BCUT2D eigenvalue weighted by atomic mass is 9.78. The van der Waals surface area contributed by atoms with E-state index in [-0.39, 0.29) is 17.9 Å². The number of carbonyl (C=O) groups is 1. The van der Waals surface area contributed by atoms with E-state index in [1.54, 1.807) is 5.01 Å². The Hall–Kier alpha value is -2.66. The Morgan fingerprint density at radius 3 is 2.50 bits per heavy atom. The Kier molecular flexibility index (Phi) is 5.18. The molecule has 0 fully saturated rings. The van der Waals surface area contributed by atoms with Crippen LogP contribution in [0.2, 0.25) is 0 Å². The van der Waals surface area contributed by atoms with Crippen LogP contribution in [0, 0.1) is 19.8 Å². The number of carbonyl (C=O) groups excluding carboxylic acids is 1. The van der Waals surface area contributed by atoms with Crippen molar-refractivity contribution in [2.75, 3.05) is 5.01 Å². The van der Waals surface area contributed by atoms with Gasteiger partial charge in [0.2, 0.25) is 5.91 Å². The molecule has 2 unspecified atom stereocenters. The summed E-state index contributed by atoms with van der Waals surface area (Å²) in [7, 11) is 0. The predicted molar refractivity (Wildman–Crippen MR) is 121 cm³/mol. The fourth-order valence-corrected chi connectivity index (χ4v) is 4.06. The number of amides is 1. The molecule has 2 atom stereocenters. The van der Waals surface area contributed by atoms with Gasteiger partial charge >= 0.3 is 0 Å². The second-order valence-corrected chi connectivity index (χ2v) is 9.21. The molecule has 0 saturated carbocycles. The molecular weight excluding hydrogens is 374 g/mol. The van der Waals surface area contributed by atoms with Crippen LogP contribution in [0.4, 0.5) is 5.69 Å². The van der Waals surface area contributed by atoms with E-state index in [1.165, 1.54) is 22.3 Å². The molecule has 2 N–H and O–H groups in total. The SMILES string of the molecule is Cc1cc2c(cc1C)C1=NN(c3ccc(OC(C)(C)C(C)N)cc3)C(=O)CC1CC2. The van der Waals surface area contributed by atoms with Gasteiger partial charge in [0, 0.05) is 23.9 Å². The number of hydrogen-bond donors (Lipinski definition) is 1. The van der Waals surface area contributed by atoms with Gasteiger partial charge in [-0.05, 0) is 94.5 Å². The summed E-state index contributed by atoms with van der Waals surface area (Å²) >= 11 is 0. The molecule has 2 aromatic rings. The molecule has 1 aliphatic heterocycles. The van der Waals surface area contributed by atoms with Crippen LogP contribution in [0.1, 0.15) is 55.9 Å². The molecule has 2 aromatic carbocycles. The van der Waals surface area contributed by atoms with Gasteiger partial charge in [-0.1, -0.05) is 6.07 Å². The standard InChI is InChI=1S/C25H31N3O2/c1-15-12-18-6-7-19-14-23(29)28(27-24(19)22(18)13-16(15)2)20-8-10-21(11-9-20)30-25(4,5)17(3)26/h8-13,17,19H,6-7,14,26H2,1-5H3. The molecule has 4 rings (SSSR count). The molecule has 2 aliphatic rings. The molecule has 5 nitrogen and oxygen atoms in total. The maximum absolute atomic E-state index is 12.9. The summed E-state index contributed by atoms with van der Waals surface area (Å²) in [5.41, 5.74) is 12.4. The summed E-state index contributed by atoms with van der Waals surface area (Å²) in [5.74, 6) is 0.976. The third-order valence-electron chi connectivity index (χ3n) is 6.57. The number of anilines is 1. The summed E-state index contributed by atoms with van der Waals surface area (Å²) in [4.78, 5) is 12.9. The maximum Gasteiger partial charge on any atom is 0.248 e. The number of hydrazone groups is 1. The molecule has 1 aliphatic carbocycles. The average Bonchev–Trinajstić information content (AvgIpc) is 2.69. The van der Waals surface area contributed by atoms with Crippen molar-refractivity contribution in [3.8, 4) is 5.75 Å². The number of hydrogen-bond acceptors (Lipinski definition) is 4. The first-order chi connectivity index (χ1) is 14.2. The van der Waals surface area contributed by atoms with E-state index in [2.05, 4.69) is 26.0 Å². The number of nitrogens with two attached hydrogens (primary N) is 1. The fraction of sp³-hybridized carbons (Fsp3) is 0.440. The molecule has 30 heavy (non-hydrogen) atoms. The van der Waals surface area contributed by atoms with Gasteiger partial charge < -0.3 is 10.5 Å². The Morgan fingerprint density at radius 1 is 1.17 bits per heavy atom.